The van der Waals surface area contributed by atoms with E-state index in [4.69, 9.17) is 9.47 Å². The molecule has 3 rings (SSSR count). The maximum Gasteiger partial charge on any atom is 0.193 e. The predicted molar refractivity (Wildman–Crippen MR) is 121 cm³/mol. The minimum Gasteiger partial charge on any atom is -0.497 e. The number of halogens is 1. The van der Waals surface area contributed by atoms with Crippen LogP contribution >= 0.6 is 24.0 Å². The van der Waals surface area contributed by atoms with E-state index in [1.807, 2.05) is 31.3 Å². The fraction of sp³-hybridized carbons (Fsp3) is 0.381. The molecule has 2 aromatic carbocycles. The molecule has 5 nitrogen and oxygen atoms in total. The fourth-order valence-corrected chi connectivity index (χ4v) is 3.36. The number of guanidine groups is 1. The van der Waals surface area contributed by atoms with Crippen molar-refractivity contribution < 1.29 is 9.47 Å². The lowest BCUT2D eigenvalue weighted by molar-refractivity contribution is 0.414. The zero-order valence-electron chi connectivity index (χ0n) is 16.1. The Hall–Kier alpha value is -1.96. The Morgan fingerprint density at radius 2 is 1.63 bits per heavy atom. The van der Waals surface area contributed by atoms with Crippen LogP contribution in [0.3, 0.4) is 0 Å². The van der Waals surface area contributed by atoms with E-state index in [0.29, 0.717) is 5.92 Å². The van der Waals surface area contributed by atoms with Crippen LogP contribution in [-0.4, -0.2) is 45.2 Å². The van der Waals surface area contributed by atoms with Crippen LogP contribution in [0.15, 0.2) is 53.5 Å². The summed E-state index contributed by atoms with van der Waals surface area (Å²) in [7, 11) is 5.23. The average molecular weight is 481 g/mol. The maximum absolute atomic E-state index is 5.25. The van der Waals surface area contributed by atoms with E-state index in [-0.39, 0.29) is 24.0 Å². The SMILES string of the molecule is CN=C(NCc1ccc(OC)cc1)N1CCC(c2ccc(OC)cc2)C1.I. The summed E-state index contributed by atoms with van der Waals surface area (Å²) in [6.45, 7) is 2.74. The summed E-state index contributed by atoms with van der Waals surface area (Å²) in [5.74, 6) is 3.26. The van der Waals surface area contributed by atoms with E-state index in [0.717, 1.165) is 43.5 Å². The van der Waals surface area contributed by atoms with Crippen LogP contribution in [0.25, 0.3) is 0 Å². The van der Waals surface area contributed by atoms with Crippen LogP contribution in [0.2, 0.25) is 0 Å². The Morgan fingerprint density at radius 3 is 2.19 bits per heavy atom. The first-order valence-corrected chi connectivity index (χ1v) is 8.96. The zero-order valence-corrected chi connectivity index (χ0v) is 18.5. The molecule has 0 bridgehead atoms. The smallest absolute Gasteiger partial charge is 0.193 e. The Labute approximate surface area is 178 Å². The number of ether oxygens (including phenoxy) is 2. The molecule has 1 heterocycles. The molecule has 1 saturated heterocycles. The van der Waals surface area contributed by atoms with Gasteiger partial charge in [0.25, 0.3) is 0 Å². The molecule has 146 valence electrons. The second kappa shape index (κ2) is 10.4. The molecule has 0 amide bonds. The van der Waals surface area contributed by atoms with Gasteiger partial charge in [0.05, 0.1) is 14.2 Å². The molecule has 1 N–H and O–H groups in total. The monoisotopic (exact) mass is 481 g/mol. The first kappa shape index (κ1) is 21.3. The van der Waals surface area contributed by atoms with Crippen molar-refractivity contribution in [2.45, 2.75) is 18.9 Å². The first-order chi connectivity index (χ1) is 12.7. The zero-order chi connectivity index (χ0) is 18.4. The van der Waals surface area contributed by atoms with Crippen LogP contribution < -0.4 is 14.8 Å². The molecular weight excluding hydrogens is 453 g/mol. The van der Waals surface area contributed by atoms with Gasteiger partial charge in [-0.3, -0.25) is 4.99 Å². The maximum atomic E-state index is 5.25. The molecule has 1 atom stereocenters. The third-order valence-corrected chi connectivity index (χ3v) is 4.90. The van der Waals surface area contributed by atoms with Gasteiger partial charge < -0.3 is 19.7 Å². The molecule has 0 radical (unpaired) electrons. The molecule has 0 spiro atoms. The fourth-order valence-electron chi connectivity index (χ4n) is 3.36. The highest BCUT2D eigenvalue weighted by Crippen LogP contribution is 2.28. The lowest BCUT2D eigenvalue weighted by Gasteiger charge is -2.22. The van der Waals surface area contributed by atoms with E-state index < -0.39 is 0 Å². The summed E-state index contributed by atoms with van der Waals surface area (Å²) >= 11 is 0. The molecule has 1 aliphatic rings. The van der Waals surface area contributed by atoms with Gasteiger partial charge in [0.15, 0.2) is 5.96 Å². The minimum atomic E-state index is 0. The van der Waals surface area contributed by atoms with Crippen LogP contribution in [0.4, 0.5) is 0 Å². The normalized spacial score (nSPS) is 16.6. The van der Waals surface area contributed by atoms with Gasteiger partial charge in [-0.1, -0.05) is 24.3 Å². The van der Waals surface area contributed by atoms with E-state index in [9.17, 15) is 0 Å². The number of rotatable bonds is 5. The Kier molecular flexibility index (Phi) is 8.22. The highest BCUT2D eigenvalue weighted by Gasteiger charge is 2.26. The van der Waals surface area contributed by atoms with Crippen LogP contribution in [0.1, 0.15) is 23.5 Å². The van der Waals surface area contributed by atoms with Gasteiger partial charge >= 0.3 is 0 Å². The Balaban J connectivity index is 0.00000261. The summed E-state index contributed by atoms with van der Waals surface area (Å²) in [4.78, 5) is 6.79. The number of benzene rings is 2. The molecule has 0 aliphatic carbocycles. The number of likely N-dealkylation sites (tertiary alicyclic amines) is 1. The third-order valence-electron chi connectivity index (χ3n) is 4.90. The van der Waals surface area contributed by atoms with Crippen molar-refractivity contribution >= 4 is 29.9 Å². The summed E-state index contributed by atoms with van der Waals surface area (Å²) in [5, 5.41) is 3.47. The van der Waals surface area contributed by atoms with E-state index in [1.54, 1.807) is 14.2 Å². The van der Waals surface area contributed by atoms with Gasteiger partial charge in [-0.25, -0.2) is 0 Å². The Morgan fingerprint density at radius 1 is 1.04 bits per heavy atom. The highest BCUT2D eigenvalue weighted by atomic mass is 127. The summed E-state index contributed by atoms with van der Waals surface area (Å²) in [6, 6.07) is 16.5. The number of aliphatic imine (C=N–C) groups is 1. The second-order valence-electron chi connectivity index (χ2n) is 6.45. The average Bonchev–Trinajstić information content (AvgIpc) is 3.19. The van der Waals surface area contributed by atoms with Crippen LogP contribution in [0.5, 0.6) is 11.5 Å². The van der Waals surface area contributed by atoms with E-state index in [1.165, 1.54) is 11.1 Å². The number of hydrogen-bond donors (Lipinski definition) is 1. The molecule has 1 aliphatic heterocycles. The summed E-state index contributed by atoms with van der Waals surface area (Å²) in [6.07, 6.45) is 1.13. The quantitative estimate of drug-likeness (QED) is 0.400. The lowest BCUT2D eigenvalue weighted by atomic mass is 9.98. The largest absolute Gasteiger partial charge is 0.497 e. The molecule has 0 aromatic heterocycles. The van der Waals surface area contributed by atoms with Crippen molar-refractivity contribution in [3.63, 3.8) is 0 Å². The van der Waals surface area contributed by atoms with Crippen molar-refractivity contribution in [3.05, 3.63) is 59.7 Å². The predicted octanol–water partition coefficient (Wildman–Crippen LogP) is 3.89. The van der Waals surface area contributed by atoms with Gasteiger partial charge in [0.2, 0.25) is 0 Å². The molecule has 0 saturated carbocycles. The summed E-state index contributed by atoms with van der Waals surface area (Å²) in [5.41, 5.74) is 2.57. The number of nitrogens with zero attached hydrogens (tertiary/aromatic N) is 2. The molecular formula is C21H28IN3O2. The van der Waals surface area contributed by atoms with Crippen LogP contribution in [-0.2, 0) is 6.54 Å². The van der Waals surface area contributed by atoms with Gasteiger partial charge in [-0.2, -0.15) is 0 Å². The van der Waals surface area contributed by atoms with Crippen molar-refractivity contribution in [2.75, 3.05) is 34.4 Å². The van der Waals surface area contributed by atoms with Gasteiger partial charge in [-0.15, -0.1) is 24.0 Å². The molecule has 1 unspecified atom stereocenters. The van der Waals surface area contributed by atoms with Crippen molar-refractivity contribution in [3.8, 4) is 11.5 Å². The molecule has 2 aromatic rings. The molecule has 1 fully saturated rings. The summed E-state index contributed by atoms with van der Waals surface area (Å²) < 4.78 is 10.5. The molecule has 6 heteroatoms. The highest BCUT2D eigenvalue weighted by molar-refractivity contribution is 14.0. The standard InChI is InChI=1S/C21H27N3O2.HI/c1-22-21(23-14-16-4-8-19(25-2)9-5-16)24-13-12-18(15-24)17-6-10-20(26-3)11-7-17;/h4-11,18H,12-15H2,1-3H3,(H,22,23);1H. The minimum absolute atomic E-state index is 0. The van der Waals surface area contributed by atoms with Gasteiger partial charge in [0, 0.05) is 32.6 Å². The van der Waals surface area contributed by atoms with E-state index in [2.05, 4.69) is 39.5 Å². The van der Waals surface area contributed by atoms with Crippen molar-refractivity contribution in [2.24, 2.45) is 4.99 Å². The number of methoxy groups -OCH3 is 2. The number of hydrogen-bond acceptors (Lipinski definition) is 3. The topological polar surface area (TPSA) is 46.1 Å². The molecule has 27 heavy (non-hydrogen) atoms. The number of nitrogens with one attached hydrogen (secondary N) is 1. The van der Waals surface area contributed by atoms with Crippen molar-refractivity contribution in [1.82, 2.24) is 10.2 Å². The van der Waals surface area contributed by atoms with Crippen molar-refractivity contribution in [1.29, 1.82) is 0 Å². The Bertz CT molecular complexity index is 732. The third kappa shape index (κ3) is 5.51. The second-order valence-corrected chi connectivity index (χ2v) is 6.45. The lowest BCUT2D eigenvalue weighted by Crippen LogP contribution is -2.39. The van der Waals surface area contributed by atoms with E-state index >= 15 is 0 Å². The first-order valence-electron chi connectivity index (χ1n) is 8.96. The van der Waals surface area contributed by atoms with Crippen LogP contribution in [0, 0.1) is 0 Å². The van der Waals surface area contributed by atoms with Gasteiger partial charge in [-0.05, 0) is 41.8 Å². The van der Waals surface area contributed by atoms with Gasteiger partial charge in [0.1, 0.15) is 11.5 Å².